The molecular formula is C12H10ClN3O2S. The van der Waals surface area contributed by atoms with E-state index in [4.69, 9.17) is 17.4 Å². The normalized spacial score (nSPS) is 10.2. The minimum absolute atomic E-state index is 0.0606. The Balaban J connectivity index is 2.39. The molecule has 0 radical (unpaired) electrons. The van der Waals surface area contributed by atoms with Crippen molar-refractivity contribution in [3.05, 3.63) is 57.6 Å². The Morgan fingerprint density at radius 1 is 1.21 bits per heavy atom. The van der Waals surface area contributed by atoms with Gasteiger partial charge in [0.15, 0.2) is 0 Å². The van der Waals surface area contributed by atoms with Gasteiger partial charge in [-0.25, -0.2) is 0 Å². The van der Waals surface area contributed by atoms with Crippen LogP contribution in [0, 0.1) is 10.1 Å². The molecule has 0 aromatic heterocycles. The van der Waals surface area contributed by atoms with Gasteiger partial charge < -0.3 is 5.43 Å². The lowest BCUT2D eigenvalue weighted by atomic mass is 10.3. The van der Waals surface area contributed by atoms with Crippen LogP contribution in [-0.4, -0.2) is 4.92 Å². The van der Waals surface area contributed by atoms with Crippen molar-refractivity contribution in [2.75, 3.05) is 5.43 Å². The fourth-order valence-electron chi connectivity index (χ4n) is 1.52. The van der Waals surface area contributed by atoms with Gasteiger partial charge in [-0.1, -0.05) is 35.5 Å². The first kappa shape index (κ1) is 13.7. The average molecular weight is 296 g/mol. The molecule has 0 amide bonds. The van der Waals surface area contributed by atoms with Crippen LogP contribution in [0.3, 0.4) is 0 Å². The molecule has 3 N–H and O–H groups in total. The number of hydrazine groups is 1. The summed E-state index contributed by atoms with van der Waals surface area (Å²) >= 11 is 7.13. The summed E-state index contributed by atoms with van der Waals surface area (Å²) in [6.45, 7) is 0. The van der Waals surface area contributed by atoms with Crippen molar-refractivity contribution in [1.82, 2.24) is 0 Å². The van der Waals surface area contributed by atoms with Crippen molar-refractivity contribution in [3.8, 4) is 0 Å². The van der Waals surface area contributed by atoms with Gasteiger partial charge in [0.2, 0.25) is 0 Å². The topological polar surface area (TPSA) is 81.2 Å². The summed E-state index contributed by atoms with van der Waals surface area (Å²) in [5.41, 5.74) is 3.21. The largest absolute Gasteiger partial charge is 0.323 e. The lowest BCUT2D eigenvalue weighted by Gasteiger charge is -2.09. The molecule has 0 aliphatic rings. The first-order valence-electron chi connectivity index (χ1n) is 5.29. The molecule has 0 fully saturated rings. The van der Waals surface area contributed by atoms with Gasteiger partial charge in [0.05, 0.1) is 15.5 Å². The van der Waals surface area contributed by atoms with Crippen LogP contribution < -0.4 is 11.3 Å². The second-order valence-electron chi connectivity index (χ2n) is 3.61. The molecule has 0 aliphatic heterocycles. The van der Waals surface area contributed by atoms with Gasteiger partial charge in [0.1, 0.15) is 0 Å². The van der Waals surface area contributed by atoms with Crippen LogP contribution in [0.25, 0.3) is 0 Å². The molecule has 0 aliphatic carbocycles. The third-order valence-electron chi connectivity index (χ3n) is 2.38. The molecule has 0 saturated carbocycles. The van der Waals surface area contributed by atoms with Crippen molar-refractivity contribution in [2.24, 2.45) is 5.84 Å². The minimum atomic E-state index is -0.409. The molecule has 0 bridgehead atoms. The number of anilines is 1. The third-order valence-corrected chi connectivity index (χ3v) is 3.76. The highest BCUT2D eigenvalue weighted by Gasteiger charge is 2.15. The predicted molar refractivity (Wildman–Crippen MR) is 76.5 cm³/mol. The highest BCUT2D eigenvalue weighted by molar-refractivity contribution is 7.99. The maximum Gasteiger partial charge on any atom is 0.283 e. The Morgan fingerprint density at radius 2 is 1.95 bits per heavy atom. The molecule has 5 nitrogen and oxygen atoms in total. The second kappa shape index (κ2) is 5.92. The van der Waals surface area contributed by atoms with Crippen molar-refractivity contribution < 1.29 is 4.92 Å². The van der Waals surface area contributed by atoms with Gasteiger partial charge in [-0.05, 0) is 24.3 Å². The molecule has 98 valence electrons. The number of nitrogen functional groups attached to an aromatic ring is 1. The summed E-state index contributed by atoms with van der Waals surface area (Å²) in [5.74, 6) is 5.42. The van der Waals surface area contributed by atoms with Gasteiger partial charge >= 0.3 is 0 Å². The molecule has 0 unspecified atom stereocenters. The van der Waals surface area contributed by atoms with E-state index in [-0.39, 0.29) is 5.69 Å². The summed E-state index contributed by atoms with van der Waals surface area (Å²) in [6.07, 6.45) is 0. The van der Waals surface area contributed by atoms with E-state index >= 15 is 0 Å². The number of hydrogen-bond donors (Lipinski definition) is 2. The van der Waals surface area contributed by atoms with E-state index in [0.717, 1.165) is 4.90 Å². The van der Waals surface area contributed by atoms with E-state index in [1.807, 2.05) is 0 Å². The van der Waals surface area contributed by atoms with Gasteiger partial charge in [-0.3, -0.25) is 16.0 Å². The van der Waals surface area contributed by atoms with Crippen LogP contribution in [-0.2, 0) is 0 Å². The summed E-state index contributed by atoms with van der Waals surface area (Å²) in [4.78, 5) is 11.9. The smallest absolute Gasteiger partial charge is 0.283 e. The standard InChI is InChI=1S/C12H10ClN3O2S/c13-8-5-6-11(9(7-8)15-14)19-12-4-2-1-3-10(12)16(17)18/h1-7,15H,14H2. The van der Waals surface area contributed by atoms with E-state index in [0.29, 0.717) is 15.6 Å². The number of nitrogens with zero attached hydrogens (tertiary/aromatic N) is 1. The van der Waals surface area contributed by atoms with Crippen LogP contribution in [0.4, 0.5) is 11.4 Å². The first-order chi connectivity index (χ1) is 9.11. The number of nitrogens with one attached hydrogen (secondary N) is 1. The molecule has 19 heavy (non-hydrogen) atoms. The van der Waals surface area contributed by atoms with E-state index in [2.05, 4.69) is 5.43 Å². The summed E-state index contributed by atoms with van der Waals surface area (Å²) in [7, 11) is 0. The zero-order valence-corrected chi connectivity index (χ0v) is 11.2. The van der Waals surface area contributed by atoms with Crippen LogP contribution in [0.5, 0.6) is 0 Å². The number of nitro benzene ring substituents is 1. The molecule has 2 rings (SSSR count). The number of para-hydroxylation sites is 1. The molecule has 0 spiro atoms. The molecule has 7 heteroatoms. The Labute approximate surface area is 118 Å². The highest BCUT2D eigenvalue weighted by atomic mass is 35.5. The Bertz CT molecular complexity index is 622. The molecular weight excluding hydrogens is 286 g/mol. The van der Waals surface area contributed by atoms with E-state index < -0.39 is 4.92 Å². The summed E-state index contributed by atoms with van der Waals surface area (Å²) < 4.78 is 0. The van der Waals surface area contributed by atoms with Crippen LogP contribution in [0.1, 0.15) is 0 Å². The lowest BCUT2D eigenvalue weighted by Crippen LogP contribution is -2.07. The summed E-state index contributed by atoms with van der Waals surface area (Å²) in [6, 6.07) is 11.7. The third kappa shape index (κ3) is 3.17. The number of hydrogen-bond acceptors (Lipinski definition) is 5. The number of halogens is 1. The van der Waals surface area contributed by atoms with Crippen molar-refractivity contribution in [1.29, 1.82) is 0 Å². The number of nitro groups is 1. The predicted octanol–water partition coefficient (Wildman–Crippen LogP) is 3.69. The zero-order chi connectivity index (χ0) is 13.8. The van der Waals surface area contributed by atoms with Crippen LogP contribution >= 0.6 is 23.4 Å². The quantitative estimate of drug-likeness (QED) is 0.511. The second-order valence-corrected chi connectivity index (χ2v) is 5.13. The minimum Gasteiger partial charge on any atom is -0.323 e. The lowest BCUT2D eigenvalue weighted by molar-refractivity contribution is -0.387. The maximum absolute atomic E-state index is 11.0. The Hall–Kier alpha value is -1.76. The fraction of sp³-hybridized carbons (Fsp3) is 0. The van der Waals surface area contributed by atoms with E-state index in [9.17, 15) is 10.1 Å². The monoisotopic (exact) mass is 295 g/mol. The molecule has 2 aromatic rings. The van der Waals surface area contributed by atoms with Crippen molar-refractivity contribution in [2.45, 2.75) is 9.79 Å². The first-order valence-corrected chi connectivity index (χ1v) is 6.48. The maximum atomic E-state index is 11.0. The van der Waals surface area contributed by atoms with Crippen LogP contribution in [0.2, 0.25) is 5.02 Å². The number of nitrogens with two attached hydrogens (primary N) is 1. The SMILES string of the molecule is NNc1cc(Cl)ccc1Sc1ccccc1[N+](=O)[O-]. The van der Waals surface area contributed by atoms with Gasteiger partial charge in [-0.15, -0.1) is 0 Å². The van der Waals surface area contributed by atoms with E-state index in [1.165, 1.54) is 17.8 Å². The van der Waals surface area contributed by atoms with E-state index in [1.54, 1.807) is 36.4 Å². The number of rotatable bonds is 4. The molecule has 0 heterocycles. The zero-order valence-electron chi connectivity index (χ0n) is 9.67. The Morgan fingerprint density at radius 3 is 2.63 bits per heavy atom. The Kier molecular flexibility index (Phi) is 4.26. The summed E-state index contributed by atoms with van der Waals surface area (Å²) in [5, 5.41) is 11.5. The van der Waals surface area contributed by atoms with Crippen molar-refractivity contribution >= 4 is 34.7 Å². The van der Waals surface area contributed by atoms with Gasteiger partial charge in [0, 0.05) is 16.0 Å². The van der Waals surface area contributed by atoms with Gasteiger partial charge in [0.25, 0.3) is 5.69 Å². The van der Waals surface area contributed by atoms with Crippen molar-refractivity contribution in [3.63, 3.8) is 0 Å². The number of benzene rings is 2. The fourth-order valence-corrected chi connectivity index (χ4v) is 2.68. The molecule has 0 saturated heterocycles. The highest BCUT2D eigenvalue weighted by Crippen LogP contribution is 2.38. The average Bonchev–Trinajstić information content (AvgIpc) is 2.41. The van der Waals surface area contributed by atoms with Gasteiger partial charge in [-0.2, -0.15) is 0 Å². The van der Waals surface area contributed by atoms with Crippen LogP contribution in [0.15, 0.2) is 52.3 Å². The molecule has 0 atom stereocenters. The molecule has 2 aromatic carbocycles.